The quantitative estimate of drug-likeness (QED) is 0.905. The zero-order valence-corrected chi connectivity index (χ0v) is 12.9. The molecule has 0 aromatic heterocycles. The van der Waals surface area contributed by atoms with Crippen LogP contribution in [0, 0.1) is 0 Å². The summed E-state index contributed by atoms with van der Waals surface area (Å²) in [6.45, 7) is 3.56. The minimum atomic E-state index is -3.05. The molecule has 2 N–H and O–H groups in total. The number of hydrogen-bond donors (Lipinski definition) is 1. The van der Waals surface area contributed by atoms with E-state index in [1.165, 1.54) is 5.56 Å². The van der Waals surface area contributed by atoms with Crippen LogP contribution in [-0.4, -0.2) is 26.0 Å². The van der Waals surface area contributed by atoms with Gasteiger partial charge >= 0.3 is 0 Å². The summed E-state index contributed by atoms with van der Waals surface area (Å²) in [5.41, 5.74) is 8.52. The van der Waals surface area contributed by atoms with Gasteiger partial charge in [0.15, 0.2) is 9.84 Å². The first-order chi connectivity index (χ1) is 9.40. The third kappa shape index (κ3) is 3.52. The third-order valence-electron chi connectivity index (χ3n) is 3.83. The fourth-order valence-electron chi connectivity index (χ4n) is 2.41. The predicted molar refractivity (Wildman–Crippen MR) is 80.7 cm³/mol. The summed E-state index contributed by atoms with van der Waals surface area (Å²) in [4.78, 5) is 0. The van der Waals surface area contributed by atoms with Crippen molar-refractivity contribution in [1.29, 1.82) is 0 Å². The molecule has 1 aliphatic carbocycles. The monoisotopic (exact) mass is 297 g/mol. The van der Waals surface area contributed by atoms with E-state index in [-0.39, 0.29) is 23.7 Å². The third-order valence-corrected chi connectivity index (χ3v) is 6.01. The average Bonchev–Trinajstić information content (AvgIpc) is 2.39. The van der Waals surface area contributed by atoms with Crippen molar-refractivity contribution in [3.8, 4) is 5.75 Å². The van der Waals surface area contributed by atoms with Crippen LogP contribution in [0.2, 0.25) is 0 Å². The van der Waals surface area contributed by atoms with E-state index in [1.54, 1.807) is 13.8 Å². The molecular weight excluding hydrogens is 274 g/mol. The molecule has 0 saturated carbocycles. The summed E-state index contributed by atoms with van der Waals surface area (Å²) in [7, 11) is -3.05. The summed E-state index contributed by atoms with van der Waals surface area (Å²) in [6.07, 6.45) is 3.18. The maximum absolute atomic E-state index is 11.7. The van der Waals surface area contributed by atoms with E-state index in [2.05, 4.69) is 0 Å². The van der Waals surface area contributed by atoms with Gasteiger partial charge in [-0.2, -0.15) is 0 Å². The van der Waals surface area contributed by atoms with Crippen LogP contribution in [0.1, 0.15) is 43.9 Å². The van der Waals surface area contributed by atoms with E-state index >= 15 is 0 Å². The Bertz CT molecular complexity index is 566. The minimum Gasteiger partial charge on any atom is -0.493 e. The maximum Gasteiger partial charge on any atom is 0.155 e. The van der Waals surface area contributed by atoms with Crippen molar-refractivity contribution in [3.63, 3.8) is 0 Å². The standard InChI is InChI=1S/C15H23NO3S/c1-11(2)20(17,18)9-8-19-13-7-6-12-4-3-5-15(16)14(12)10-13/h6-7,10-11,15H,3-5,8-9,16H2,1-2H3. The van der Waals surface area contributed by atoms with Gasteiger partial charge in [0.25, 0.3) is 0 Å². The highest BCUT2D eigenvalue weighted by Crippen LogP contribution is 2.30. The Morgan fingerprint density at radius 1 is 1.40 bits per heavy atom. The van der Waals surface area contributed by atoms with E-state index in [0.29, 0.717) is 5.75 Å². The Morgan fingerprint density at radius 3 is 2.85 bits per heavy atom. The summed E-state index contributed by atoms with van der Waals surface area (Å²) in [6, 6.07) is 5.97. The van der Waals surface area contributed by atoms with Gasteiger partial charge in [-0.05, 0) is 56.4 Å². The van der Waals surface area contributed by atoms with Crippen LogP contribution >= 0.6 is 0 Å². The van der Waals surface area contributed by atoms with Crippen molar-refractivity contribution in [2.45, 2.75) is 44.4 Å². The van der Waals surface area contributed by atoms with Gasteiger partial charge in [-0.15, -0.1) is 0 Å². The van der Waals surface area contributed by atoms with Gasteiger partial charge in [-0.25, -0.2) is 8.42 Å². The molecule has 0 bridgehead atoms. The van der Waals surface area contributed by atoms with Crippen LogP contribution in [0.15, 0.2) is 18.2 Å². The molecule has 1 aromatic rings. The highest BCUT2D eigenvalue weighted by atomic mass is 32.2. The molecule has 1 aromatic carbocycles. The molecule has 1 aliphatic rings. The predicted octanol–water partition coefficient (Wildman–Crippen LogP) is 2.22. The smallest absolute Gasteiger partial charge is 0.155 e. The van der Waals surface area contributed by atoms with Gasteiger partial charge in [0.1, 0.15) is 12.4 Å². The van der Waals surface area contributed by atoms with Crippen molar-refractivity contribution in [2.75, 3.05) is 12.4 Å². The second kappa shape index (κ2) is 6.14. The van der Waals surface area contributed by atoms with Crippen LogP contribution in [0.4, 0.5) is 0 Å². The van der Waals surface area contributed by atoms with E-state index in [9.17, 15) is 8.42 Å². The first kappa shape index (κ1) is 15.3. The van der Waals surface area contributed by atoms with Crippen molar-refractivity contribution in [3.05, 3.63) is 29.3 Å². The molecule has 20 heavy (non-hydrogen) atoms. The summed E-state index contributed by atoms with van der Waals surface area (Å²) < 4.78 is 29.0. The van der Waals surface area contributed by atoms with Crippen LogP contribution in [0.3, 0.4) is 0 Å². The number of ether oxygens (including phenoxy) is 1. The van der Waals surface area contributed by atoms with Crippen molar-refractivity contribution in [1.82, 2.24) is 0 Å². The van der Waals surface area contributed by atoms with Gasteiger partial charge in [0.2, 0.25) is 0 Å². The van der Waals surface area contributed by atoms with Gasteiger partial charge in [-0.3, -0.25) is 0 Å². The molecule has 0 amide bonds. The normalized spacial score (nSPS) is 18.9. The van der Waals surface area contributed by atoms with Crippen molar-refractivity contribution < 1.29 is 13.2 Å². The number of nitrogens with two attached hydrogens (primary N) is 1. The molecule has 0 aliphatic heterocycles. The first-order valence-corrected chi connectivity index (χ1v) is 8.84. The van der Waals surface area contributed by atoms with E-state index in [4.69, 9.17) is 10.5 Å². The van der Waals surface area contributed by atoms with Crippen molar-refractivity contribution in [2.24, 2.45) is 5.73 Å². The lowest BCUT2D eigenvalue weighted by molar-refractivity contribution is 0.339. The molecule has 4 nitrogen and oxygen atoms in total. The molecule has 0 fully saturated rings. The summed E-state index contributed by atoms with van der Waals surface area (Å²) in [5, 5.41) is -0.358. The second-order valence-corrected chi connectivity index (χ2v) is 8.30. The van der Waals surface area contributed by atoms with Gasteiger partial charge in [0.05, 0.1) is 11.0 Å². The second-order valence-electron chi connectivity index (χ2n) is 5.62. The van der Waals surface area contributed by atoms with Crippen LogP contribution in [0.25, 0.3) is 0 Å². The zero-order chi connectivity index (χ0) is 14.8. The Morgan fingerprint density at radius 2 is 2.15 bits per heavy atom. The lowest BCUT2D eigenvalue weighted by Crippen LogP contribution is -2.22. The number of hydrogen-bond acceptors (Lipinski definition) is 4. The summed E-state index contributed by atoms with van der Waals surface area (Å²) in [5.74, 6) is 0.758. The number of aryl methyl sites for hydroxylation is 1. The molecule has 0 radical (unpaired) electrons. The minimum absolute atomic E-state index is 0.0494. The molecule has 0 spiro atoms. The number of fused-ring (bicyclic) bond motifs is 1. The molecule has 112 valence electrons. The van der Waals surface area contributed by atoms with Crippen LogP contribution in [-0.2, 0) is 16.3 Å². The number of benzene rings is 1. The first-order valence-electron chi connectivity index (χ1n) is 7.13. The Balaban J connectivity index is 1.99. The largest absolute Gasteiger partial charge is 0.493 e. The lowest BCUT2D eigenvalue weighted by atomic mass is 9.88. The fourth-order valence-corrected chi connectivity index (χ4v) is 3.20. The SMILES string of the molecule is CC(C)S(=O)(=O)CCOc1ccc2c(c1)C(N)CCC2. The van der Waals surface area contributed by atoms with Gasteiger partial charge < -0.3 is 10.5 Å². The number of sulfone groups is 1. The fraction of sp³-hybridized carbons (Fsp3) is 0.600. The van der Waals surface area contributed by atoms with Gasteiger partial charge in [0, 0.05) is 6.04 Å². The Kier molecular flexibility index (Phi) is 4.70. The van der Waals surface area contributed by atoms with E-state index in [0.717, 1.165) is 24.8 Å². The molecule has 2 rings (SSSR count). The van der Waals surface area contributed by atoms with E-state index in [1.807, 2.05) is 18.2 Å². The molecular formula is C15H23NO3S. The highest BCUT2D eigenvalue weighted by Gasteiger charge is 2.18. The molecule has 0 saturated heterocycles. The number of rotatable bonds is 5. The molecule has 1 unspecified atom stereocenters. The molecule has 1 atom stereocenters. The topological polar surface area (TPSA) is 69.4 Å². The maximum atomic E-state index is 11.7. The zero-order valence-electron chi connectivity index (χ0n) is 12.1. The Labute approximate surface area is 121 Å². The lowest BCUT2D eigenvalue weighted by Gasteiger charge is -2.22. The van der Waals surface area contributed by atoms with E-state index < -0.39 is 9.84 Å². The average molecular weight is 297 g/mol. The summed E-state index contributed by atoms with van der Waals surface area (Å²) >= 11 is 0. The van der Waals surface area contributed by atoms with Crippen molar-refractivity contribution >= 4 is 9.84 Å². The van der Waals surface area contributed by atoms with Gasteiger partial charge in [-0.1, -0.05) is 6.07 Å². The molecule has 5 heteroatoms. The highest BCUT2D eigenvalue weighted by molar-refractivity contribution is 7.91. The van der Waals surface area contributed by atoms with Crippen LogP contribution < -0.4 is 10.5 Å². The van der Waals surface area contributed by atoms with Crippen LogP contribution in [0.5, 0.6) is 5.75 Å². The molecule has 0 heterocycles. The Hall–Kier alpha value is -1.07.